The van der Waals surface area contributed by atoms with Crippen molar-refractivity contribution in [3.8, 4) is 0 Å². The zero-order valence-corrected chi connectivity index (χ0v) is 16.1. The number of hydrogen-bond donors (Lipinski definition) is 1. The molecule has 7 nitrogen and oxygen atoms in total. The topological polar surface area (TPSA) is 86.1 Å². The van der Waals surface area contributed by atoms with Crippen molar-refractivity contribution >= 4 is 17.4 Å². The van der Waals surface area contributed by atoms with E-state index >= 15 is 0 Å². The number of rotatable bonds is 3. The highest BCUT2D eigenvalue weighted by Crippen LogP contribution is 2.43. The maximum absolute atomic E-state index is 13.7. The van der Waals surface area contributed by atoms with Gasteiger partial charge in [0.25, 0.3) is 0 Å². The molecule has 1 aliphatic heterocycles. The SMILES string of the molecule is COC(=O)c1cc(C)cc2c1C(=O)C(c1ncnn1C)C(c1ccc(F)cc1)N2. The number of aromatic nitrogens is 3. The summed E-state index contributed by atoms with van der Waals surface area (Å²) in [5.41, 5.74) is 2.51. The molecule has 0 amide bonds. The number of ether oxygens (including phenoxy) is 1. The Kier molecular flexibility index (Phi) is 4.62. The van der Waals surface area contributed by atoms with Crippen LogP contribution >= 0.6 is 0 Å². The maximum Gasteiger partial charge on any atom is 0.338 e. The Labute approximate surface area is 166 Å². The summed E-state index contributed by atoms with van der Waals surface area (Å²) in [4.78, 5) is 30.3. The van der Waals surface area contributed by atoms with E-state index in [2.05, 4.69) is 15.4 Å². The Morgan fingerprint density at radius 1 is 1.24 bits per heavy atom. The minimum absolute atomic E-state index is 0.199. The molecule has 2 aromatic carbocycles. The standard InChI is InChI=1S/C21H19FN4O3/c1-11-8-14(21(28)29-3)16-15(9-11)25-18(12-4-6-13(22)7-5-12)17(19(16)27)20-23-10-24-26(20)2/h4-10,17-18,25H,1-3H3. The van der Waals surface area contributed by atoms with Gasteiger partial charge in [-0.05, 0) is 42.3 Å². The molecule has 2 unspecified atom stereocenters. The van der Waals surface area contributed by atoms with Gasteiger partial charge in [0.15, 0.2) is 5.78 Å². The quantitative estimate of drug-likeness (QED) is 0.687. The summed E-state index contributed by atoms with van der Waals surface area (Å²) in [6.45, 7) is 1.83. The van der Waals surface area contributed by atoms with Gasteiger partial charge in [-0.1, -0.05) is 12.1 Å². The van der Waals surface area contributed by atoms with E-state index in [1.54, 1.807) is 25.2 Å². The van der Waals surface area contributed by atoms with E-state index in [0.29, 0.717) is 11.5 Å². The number of ketones is 1. The van der Waals surface area contributed by atoms with E-state index in [4.69, 9.17) is 4.74 Å². The Hall–Kier alpha value is -3.55. The van der Waals surface area contributed by atoms with Crippen molar-refractivity contribution < 1.29 is 18.7 Å². The molecule has 0 saturated heterocycles. The van der Waals surface area contributed by atoms with Crippen LogP contribution in [0.3, 0.4) is 0 Å². The number of anilines is 1. The summed E-state index contributed by atoms with van der Waals surface area (Å²) in [6.07, 6.45) is 1.37. The number of aryl methyl sites for hydroxylation is 2. The number of methoxy groups -OCH3 is 1. The van der Waals surface area contributed by atoms with Crippen LogP contribution in [0, 0.1) is 12.7 Å². The van der Waals surface area contributed by atoms with Crippen molar-refractivity contribution in [1.82, 2.24) is 14.8 Å². The van der Waals surface area contributed by atoms with Crippen molar-refractivity contribution in [1.29, 1.82) is 0 Å². The second-order valence-electron chi connectivity index (χ2n) is 6.98. The van der Waals surface area contributed by atoms with E-state index in [1.807, 2.05) is 13.0 Å². The predicted molar refractivity (Wildman–Crippen MR) is 103 cm³/mol. The minimum Gasteiger partial charge on any atom is -0.465 e. The molecule has 0 spiro atoms. The van der Waals surface area contributed by atoms with Crippen molar-refractivity contribution in [2.45, 2.75) is 18.9 Å². The van der Waals surface area contributed by atoms with Gasteiger partial charge in [0.05, 0.1) is 24.3 Å². The molecule has 3 aromatic rings. The van der Waals surface area contributed by atoms with E-state index in [9.17, 15) is 14.0 Å². The molecule has 2 atom stereocenters. The van der Waals surface area contributed by atoms with Gasteiger partial charge in [-0.25, -0.2) is 14.2 Å². The van der Waals surface area contributed by atoms with Crippen molar-refractivity contribution in [3.05, 3.63) is 76.6 Å². The summed E-state index contributed by atoms with van der Waals surface area (Å²) < 4.78 is 19.9. The van der Waals surface area contributed by atoms with Crippen LogP contribution in [0.1, 0.15) is 49.6 Å². The Morgan fingerprint density at radius 3 is 2.59 bits per heavy atom. The number of fused-ring (bicyclic) bond motifs is 1. The van der Waals surface area contributed by atoms with Crippen LogP contribution in [-0.2, 0) is 11.8 Å². The molecule has 0 radical (unpaired) electrons. The van der Waals surface area contributed by atoms with Crippen molar-refractivity contribution in [2.75, 3.05) is 12.4 Å². The number of carbonyl (C=O) groups is 2. The largest absolute Gasteiger partial charge is 0.465 e. The number of nitrogens with one attached hydrogen (secondary N) is 1. The minimum atomic E-state index is -0.758. The van der Waals surface area contributed by atoms with Crippen LogP contribution in [-0.4, -0.2) is 33.6 Å². The molecular formula is C21H19FN4O3. The van der Waals surface area contributed by atoms with Gasteiger partial charge in [-0.15, -0.1) is 0 Å². The number of benzene rings is 2. The molecule has 0 bridgehead atoms. The van der Waals surface area contributed by atoms with E-state index in [0.717, 1.165) is 11.1 Å². The van der Waals surface area contributed by atoms with E-state index < -0.39 is 17.9 Å². The molecule has 8 heteroatoms. The zero-order chi connectivity index (χ0) is 20.7. The first-order valence-electron chi connectivity index (χ1n) is 9.03. The number of carbonyl (C=O) groups excluding carboxylic acids is 2. The fraction of sp³-hybridized carbons (Fsp3) is 0.238. The van der Waals surface area contributed by atoms with Gasteiger partial charge in [0, 0.05) is 12.7 Å². The molecule has 0 aliphatic carbocycles. The molecule has 4 rings (SSSR count). The second-order valence-corrected chi connectivity index (χ2v) is 6.98. The Morgan fingerprint density at radius 2 is 1.97 bits per heavy atom. The Bertz CT molecular complexity index is 1110. The van der Waals surface area contributed by atoms with Gasteiger partial charge in [-0.3, -0.25) is 9.48 Å². The average molecular weight is 394 g/mol. The molecule has 2 heterocycles. The number of hydrogen-bond acceptors (Lipinski definition) is 6. The van der Waals surface area contributed by atoms with E-state index in [-0.39, 0.29) is 22.7 Å². The molecule has 0 fully saturated rings. The van der Waals surface area contributed by atoms with Crippen molar-refractivity contribution in [3.63, 3.8) is 0 Å². The molecule has 1 aliphatic rings. The van der Waals surface area contributed by atoms with Crippen LogP contribution in [0.25, 0.3) is 0 Å². The number of esters is 1. The third-order valence-electron chi connectivity index (χ3n) is 5.11. The average Bonchev–Trinajstić information content (AvgIpc) is 3.12. The first-order chi connectivity index (χ1) is 13.9. The van der Waals surface area contributed by atoms with Crippen molar-refractivity contribution in [2.24, 2.45) is 7.05 Å². The summed E-state index contributed by atoms with van der Waals surface area (Å²) in [5, 5.41) is 7.44. The monoisotopic (exact) mass is 394 g/mol. The lowest BCUT2D eigenvalue weighted by molar-refractivity contribution is 0.0596. The van der Waals surface area contributed by atoms with Crippen LogP contribution in [0.15, 0.2) is 42.7 Å². The van der Waals surface area contributed by atoms with Gasteiger partial charge >= 0.3 is 5.97 Å². The fourth-order valence-electron chi connectivity index (χ4n) is 3.79. The summed E-state index contributed by atoms with van der Waals surface area (Å²) in [7, 11) is 2.97. The molecule has 148 valence electrons. The number of Topliss-reactive ketones (excluding diaryl/α,β-unsaturated/α-hetero) is 1. The molecular weight excluding hydrogens is 375 g/mol. The third kappa shape index (κ3) is 3.16. The van der Waals surface area contributed by atoms with Gasteiger partial charge in [-0.2, -0.15) is 5.10 Å². The van der Waals surface area contributed by atoms with Crippen LogP contribution in [0.2, 0.25) is 0 Å². The highest BCUT2D eigenvalue weighted by Gasteiger charge is 2.42. The second kappa shape index (κ2) is 7.12. The summed E-state index contributed by atoms with van der Waals surface area (Å²) in [6, 6.07) is 8.89. The molecule has 1 aromatic heterocycles. The fourth-order valence-corrected chi connectivity index (χ4v) is 3.79. The Balaban J connectivity index is 1.93. The number of nitrogens with zero attached hydrogens (tertiary/aromatic N) is 3. The van der Waals surface area contributed by atoms with Crippen LogP contribution in [0.5, 0.6) is 0 Å². The van der Waals surface area contributed by atoms with Crippen LogP contribution < -0.4 is 5.32 Å². The maximum atomic E-state index is 13.7. The first kappa shape index (κ1) is 18.8. The zero-order valence-electron chi connectivity index (χ0n) is 16.1. The van der Waals surface area contributed by atoms with Crippen LogP contribution in [0.4, 0.5) is 10.1 Å². The lowest BCUT2D eigenvalue weighted by Crippen LogP contribution is -2.35. The summed E-state index contributed by atoms with van der Waals surface area (Å²) in [5.74, 6) is -1.54. The van der Waals surface area contributed by atoms with Gasteiger partial charge in [0.1, 0.15) is 23.9 Å². The lowest BCUT2D eigenvalue weighted by Gasteiger charge is -2.34. The highest BCUT2D eigenvalue weighted by molar-refractivity contribution is 6.14. The van der Waals surface area contributed by atoms with Gasteiger partial charge in [0.2, 0.25) is 0 Å². The highest BCUT2D eigenvalue weighted by atomic mass is 19.1. The third-order valence-corrected chi connectivity index (χ3v) is 5.11. The molecule has 29 heavy (non-hydrogen) atoms. The number of halogens is 1. The lowest BCUT2D eigenvalue weighted by atomic mass is 9.80. The first-order valence-corrected chi connectivity index (χ1v) is 9.03. The normalized spacial score (nSPS) is 18.1. The predicted octanol–water partition coefficient (Wildman–Crippen LogP) is 3.18. The smallest absolute Gasteiger partial charge is 0.338 e. The molecule has 1 N–H and O–H groups in total. The van der Waals surface area contributed by atoms with Gasteiger partial charge < -0.3 is 10.1 Å². The molecule has 0 saturated carbocycles. The van der Waals surface area contributed by atoms with E-state index in [1.165, 1.54) is 30.3 Å². The summed E-state index contributed by atoms with van der Waals surface area (Å²) >= 11 is 0.